The first-order chi connectivity index (χ1) is 10.2. The highest BCUT2D eigenvalue weighted by molar-refractivity contribution is 5.63. The molecule has 1 saturated heterocycles. The largest absolute Gasteiger partial charge is 0.362 e. The molecule has 1 aromatic rings. The summed E-state index contributed by atoms with van der Waals surface area (Å²) in [7, 11) is 0. The van der Waals surface area contributed by atoms with Crippen LogP contribution in [0.4, 0.5) is 5.69 Å². The first kappa shape index (κ1) is 17.4. The molecule has 124 valence electrons. The van der Waals surface area contributed by atoms with E-state index in [1.54, 1.807) is 0 Å². The third-order valence-electron chi connectivity index (χ3n) is 5.46. The number of anilines is 1. The van der Waals surface area contributed by atoms with Crippen molar-refractivity contribution in [1.29, 1.82) is 0 Å². The zero-order valence-electron chi connectivity index (χ0n) is 16.0. The Morgan fingerprint density at radius 3 is 1.95 bits per heavy atom. The fraction of sp³-hybridized carbons (Fsp3) is 0.714. The molecule has 1 nitrogen and oxygen atoms in total. The molecule has 1 atom stereocenters. The predicted molar refractivity (Wildman–Crippen MR) is 98.8 cm³/mol. The van der Waals surface area contributed by atoms with E-state index < -0.39 is 0 Å². The Kier molecular flexibility index (Phi) is 4.66. The second kappa shape index (κ2) is 5.91. The number of benzene rings is 1. The molecule has 22 heavy (non-hydrogen) atoms. The van der Waals surface area contributed by atoms with Crippen molar-refractivity contribution in [3.05, 3.63) is 29.3 Å². The van der Waals surface area contributed by atoms with E-state index in [2.05, 4.69) is 78.5 Å². The third kappa shape index (κ3) is 2.79. The molecule has 0 saturated carbocycles. The van der Waals surface area contributed by atoms with Crippen LogP contribution < -0.4 is 4.90 Å². The van der Waals surface area contributed by atoms with Gasteiger partial charge in [-0.1, -0.05) is 59.7 Å². The van der Waals surface area contributed by atoms with Gasteiger partial charge in [0.1, 0.15) is 0 Å². The predicted octanol–water partition coefficient (Wildman–Crippen LogP) is 5.85. The molecule has 2 rings (SSSR count). The molecule has 1 fully saturated rings. The lowest BCUT2D eigenvalue weighted by molar-refractivity contribution is 0.268. The molecule has 1 aromatic carbocycles. The van der Waals surface area contributed by atoms with Crippen LogP contribution in [-0.2, 0) is 12.8 Å². The fourth-order valence-electron chi connectivity index (χ4n) is 5.20. The lowest BCUT2D eigenvalue weighted by atomic mass is 9.77. The number of para-hydroxylation sites is 1. The summed E-state index contributed by atoms with van der Waals surface area (Å²) in [5.74, 6) is 0.659. The van der Waals surface area contributed by atoms with Crippen molar-refractivity contribution in [3.8, 4) is 0 Å². The second-order valence-electron chi connectivity index (χ2n) is 8.67. The van der Waals surface area contributed by atoms with Gasteiger partial charge in [-0.3, -0.25) is 0 Å². The summed E-state index contributed by atoms with van der Waals surface area (Å²) < 4.78 is 0. The second-order valence-corrected chi connectivity index (χ2v) is 8.67. The van der Waals surface area contributed by atoms with Crippen molar-refractivity contribution in [3.63, 3.8) is 0 Å². The van der Waals surface area contributed by atoms with Crippen LogP contribution in [-0.4, -0.2) is 11.6 Å². The highest BCUT2D eigenvalue weighted by atomic mass is 15.3. The van der Waals surface area contributed by atoms with Crippen molar-refractivity contribution >= 4 is 5.69 Å². The standard InChI is InChI=1S/C21H35N/c1-9-16-12-11-13-17(10-2)18(16)22-19(15(3)4)20(5,6)14-21(22,7)8/h11-13,15,19H,9-10,14H2,1-8H3. The van der Waals surface area contributed by atoms with Crippen molar-refractivity contribution in [1.82, 2.24) is 0 Å². The van der Waals surface area contributed by atoms with Crippen LogP contribution in [0.15, 0.2) is 18.2 Å². The summed E-state index contributed by atoms with van der Waals surface area (Å²) in [6.07, 6.45) is 3.48. The number of nitrogens with zero attached hydrogens (tertiary/aromatic N) is 1. The summed E-state index contributed by atoms with van der Waals surface area (Å²) in [5.41, 5.74) is 5.12. The van der Waals surface area contributed by atoms with E-state index in [4.69, 9.17) is 0 Å². The van der Waals surface area contributed by atoms with Crippen molar-refractivity contribution in [2.75, 3.05) is 4.90 Å². The number of hydrogen-bond acceptors (Lipinski definition) is 1. The first-order valence-electron chi connectivity index (χ1n) is 9.05. The highest BCUT2D eigenvalue weighted by Crippen LogP contribution is 2.52. The van der Waals surface area contributed by atoms with Gasteiger partial charge in [-0.15, -0.1) is 0 Å². The zero-order chi connectivity index (χ0) is 16.7. The van der Waals surface area contributed by atoms with Gasteiger partial charge in [-0.2, -0.15) is 0 Å². The lowest BCUT2D eigenvalue weighted by Gasteiger charge is -2.43. The quantitative estimate of drug-likeness (QED) is 0.674. The van der Waals surface area contributed by atoms with E-state index in [0.29, 0.717) is 17.4 Å². The molecule has 1 aliphatic rings. The van der Waals surface area contributed by atoms with Crippen LogP contribution in [0.3, 0.4) is 0 Å². The summed E-state index contributed by atoms with van der Waals surface area (Å²) in [6.45, 7) is 19.1. The van der Waals surface area contributed by atoms with Crippen LogP contribution >= 0.6 is 0 Å². The average Bonchev–Trinajstić information content (AvgIpc) is 2.61. The van der Waals surface area contributed by atoms with E-state index in [0.717, 1.165) is 12.8 Å². The van der Waals surface area contributed by atoms with E-state index in [-0.39, 0.29) is 5.54 Å². The Bertz CT molecular complexity index is 502. The molecule has 0 amide bonds. The normalized spacial score (nSPS) is 23.3. The van der Waals surface area contributed by atoms with E-state index >= 15 is 0 Å². The molecule has 0 radical (unpaired) electrons. The van der Waals surface area contributed by atoms with Gasteiger partial charge < -0.3 is 4.90 Å². The molecule has 0 aromatic heterocycles. The van der Waals surface area contributed by atoms with Gasteiger partial charge >= 0.3 is 0 Å². The van der Waals surface area contributed by atoms with Gasteiger partial charge in [0, 0.05) is 17.3 Å². The zero-order valence-corrected chi connectivity index (χ0v) is 16.0. The van der Waals surface area contributed by atoms with Crippen LogP contribution in [0.5, 0.6) is 0 Å². The molecule has 0 N–H and O–H groups in total. The SMILES string of the molecule is CCc1cccc(CC)c1N1C(C(C)C)C(C)(C)CC1(C)C. The summed E-state index contributed by atoms with van der Waals surface area (Å²) >= 11 is 0. The minimum Gasteiger partial charge on any atom is -0.362 e. The molecule has 1 heterocycles. The maximum atomic E-state index is 2.79. The number of aryl methyl sites for hydroxylation is 2. The molecular weight excluding hydrogens is 266 g/mol. The van der Waals surface area contributed by atoms with Crippen LogP contribution in [0.2, 0.25) is 0 Å². The number of hydrogen-bond donors (Lipinski definition) is 0. The van der Waals surface area contributed by atoms with E-state index in [9.17, 15) is 0 Å². The minimum atomic E-state index is 0.216. The van der Waals surface area contributed by atoms with Gasteiger partial charge in [-0.05, 0) is 55.6 Å². The first-order valence-corrected chi connectivity index (χ1v) is 9.05. The Morgan fingerprint density at radius 2 is 1.55 bits per heavy atom. The highest BCUT2D eigenvalue weighted by Gasteiger charge is 2.52. The van der Waals surface area contributed by atoms with Crippen molar-refractivity contribution < 1.29 is 0 Å². The van der Waals surface area contributed by atoms with E-state index in [1.165, 1.54) is 23.2 Å². The topological polar surface area (TPSA) is 3.24 Å². The average molecular weight is 302 g/mol. The van der Waals surface area contributed by atoms with Gasteiger partial charge in [0.25, 0.3) is 0 Å². The molecule has 1 aliphatic heterocycles. The van der Waals surface area contributed by atoms with Gasteiger partial charge in [-0.25, -0.2) is 0 Å². The summed E-state index contributed by atoms with van der Waals surface area (Å²) in [5, 5.41) is 0. The smallest absolute Gasteiger partial charge is 0.0438 e. The van der Waals surface area contributed by atoms with Crippen molar-refractivity contribution in [2.24, 2.45) is 11.3 Å². The molecule has 0 bridgehead atoms. The van der Waals surface area contributed by atoms with Crippen LogP contribution in [0.1, 0.15) is 72.9 Å². The number of rotatable bonds is 4. The Balaban J connectivity index is 2.67. The van der Waals surface area contributed by atoms with Crippen LogP contribution in [0, 0.1) is 11.3 Å². The summed E-state index contributed by atoms with van der Waals surface area (Å²) in [6, 6.07) is 7.49. The van der Waals surface area contributed by atoms with Gasteiger partial charge in [0.2, 0.25) is 0 Å². The molecule has 0 aliphatic carbocycles. The molecule has 1 heteroatoms. The Labute approximate surface area is 138 Å². The maximum absolute atomic E-state index is 2.79. The van der Waals surface area contributed by atoms with Gasteiger partial charge in [0.05, 0.1) is 0 Å². The fourth-order valence-corrected chi connectivity index (χ4v) is 5.20. The molecule has 1 unspecified atom stereocenters. The third-order valence-corrected chi connectivity index (χ3v) is 5.46. The molecular formula is C21H35N. The minimum absolute atomic E-state index is 0.216. The molecule has 0 spiro atoms. The van der Waals surface area contributed by atoms with Crippen LogP contribution in [0.25, 0.3) is 0 Å². The Morgan fingerprint density at radius 1 is 1.05 bits per heavy atom. The monoisotopic (exact) mass is 301 g/mol. The van der Waals surface area contributed by atoms with Gasteiger partial charge in [0.15, 0.2) is 0 Å². The maximum Gasteiger partial charge on any atom is 0.0438 e. The summed E-state index contributed by atoms with van der Waals surface area (Å²) in [4.78, 5) is 2.79. The van der Waals surface area contributed by atoms with Crippen molar-refractivity contribution in [2.45, 2.75) is 86.2 Å². The van der Waals surface area contributed by atoms with E-state index in [1.807, 2.05) is 0 Å². The Hall–Kier alpha value is -0.980. The lowest BCUT2D eigenvalue weighted by Crippen LogP contribution is -2.48.